The van der Waals surface area contributed by atoms with Crippen LogP contribution in [0.4, 0.5) is 16.2 Å². The van der Waals surface area contributed by atoms with E-state index in [0.29, 0.717) is 0 Å². The van der Waals surface area contributed by atoms with Crippen molar-refractivity contribution in [2.75, 3.05) is 10.6 Å². The fraction of sp³-hybridized carbons (Fsp3) is 0.0476. The summed E-state index contributed by atoms with van der Waals surface area (Å²) < 4.78 is 0. The highest BCUT2D eigenvalue weighted by molar-refractivity contribution is 6.00. The van der Waals surface area contributed by atoms with E-state index >= 15 is 0 Å². The van der Waals surface area contributed by atoms with E-state index in [2.05, 4.69) is 20.6 Å². The Labute approximate surface area is 151 Å². The molecule has 128 valence electrons. The lowest BCUT2D eigenvalue weighted by Crippen LogP contribution is -2.19. The highest BCUT2D eigenvalue weighted by atomic mass is 16.2. The molecule has 0 bridgehead atoms. The third-order valence-corrected chi connectivity index (χ3v) is 4.19. The van der Waals surface area contributed by atoms with Crippen molar-refractivity contribution in [1.82, 2.24) is 9.97 Å². The molecule has 0 aliphatic rings. The highest BCUT2D eigenvalue weighted by Gasteiger charge is 2.07. The first-order valence-electron chi connectivity index (χ1n) is 8.36. The summed E-state index contributed by atoms with van der Waals surface area (Å²) in [7, 11) is 0. The molecule has 4 rings (SSSR count). The number of aromatic amines is 1. The van der Waals surface area contributed by atoms with Gasteiger partial charge in [-0.15, -0.1) is 0 Å². The zero-order valence-corrected chi connectivity index (χ0v) is 14.3. The van der Waals surface area contributed by atoms with Gasteiger partial charge >= 0.3 is 6.03 Å². The van der Waals surface area contributed by atoms with Crippen LogP contribution in [0.3, 0.4) is 0 Å². The number of aryl methyl sites for hydroxylation is 1. The number of rotatable bonds is 3. The molecule has 0 aliphatic carbocycles. The predicted molar refractivity (Wildman–Crippen MR) is 105 cm³/mol. The van der Waals surface area contributed by atoms with Crippen LogP contribution in [0.1, 0.15) is 5.56 Å². The number of nitrogens with zero attached hydrogens (tertiary/aromatic N) is 1. The van der Waals surface area contributed by atoms with Crippen molar-refractivity contribution in [2.45, 2.75) is 6.92 Å². The number of urea groups is 1. The molecule has 0 saturated carbocycles. The van der Waals surface area contributed by atoms with Crippen molar-refractivity contribution >= 4 is 28.4 Å². The minimum atomic E-state index is -0.264. The van der Waals surface area contributed by atoms with Crippen LogP contribution in [0.15, 0.2) is 73.1 Å². The van der Waals surface area contributed by atoms with Crippen molar-refractivity contribution in [3.05, 3.63) is 78.6 Å². The molecule has 26 heavy (non-hydrogen) atoms. The SMILES string of the molecule is Cc1cccc(NC(=O)Nc2ccc(-c3ccnc4[nH]ccc34)cc2)c1. The van der Waals surface area contributed by atoms with Crippen LogP contribution in [0.25, 0.3) is 22.2 Å². The van der Waals surface area contributed by atoms with E-state index in [9.17, 15) is 4.79 Å². The van der Waals surface area contributed by atoms with Gasteiger partial charge < -0.3 is 15.6 Å². The summed E-state index contributed by atoms with van der Waals surface area (Å²) >= 11 is 0. The summed E-state index contributed by atoms with van der Waals surface area (Å²) in [6, 6.07) is 19.2. The summed E-state index contributed by atoms with van der Waals surface area (Å²) in [4.78, 5) is 19.6. The number of hydrogen-bond donors (Lipinski definition) is 3. The Morgan fingerprint density at radius 2 is 1.77 bits per heavy atom. The Morgan fingerprint density at radius 1 is 0.962 bits per heavy atom. The smallest absolute Gasteiger partial charge is 0.323 e. The largest absolute Gasteiger partial charge is 0.346 e. The maximum atomic E-state index is 12.2. The second-order valence-corrected chi connectivity index (χ2v) is 6.12. The summed E-state index contributed by atoms with van der Waals surface area (Å²) in [5.74, 6) is 0. The van der Waals surface area contributed by atoms with Gasteiger partial charge in [0.2, 0.25) is 0 Å². The molecule has 5 nitrogen and oxygen atoms in total. The molecule has 2 aromatic carbocycles. The third kappa shape index (κ3) is 3.28. The minimum absolute atomic E-state index is 0.264. The average molecular weight is 342 g/mol. The van der Waals surface area contributed by atoms with Gasteiger partial charge in [-0.05, 0) is 60.0 Å². The number of carbonyl (C=O) groups excluding carboxylic acids is 1. The number of nitrogens with one attached hydrogen (secondary N) is 3. The van der Waals surface area contributed by atoms with Crippen LogP contribution in [0, 0.1) is 6.92 Å². The van der Waals surface area contributed by atoms with Gasteiger partial charge in [-0.3, -0.25) is 0 Å². The molecule has 0 fully saturated rings. The van der Waals surface area contributed by atoms with Crippen molar-refractivity contribution in [3.63, 3.8) is 0 Å². The average Bonchev–Trinajstić information content (AvgIpc) is 3.11. The number of anilines is 2. The zero-order valence-electron chi connectivity index (χ0n) is 14.3. The lowest BCUT2D eigenvalue weighted by atomic mass is 10.0. The van der Waals surface area contributed by atoms with E-state index in [0.717, 1.165) is 39.1 Å². The van der Waals surface area contributed by atoms with Crippen LogP contribution < -0.4 is 10.6 Å². The number of aromatic nitrogens is 2. The molecule has 2 amide bonds. The molecule has 0 atom stereocenters. The lowest BCUT2D eigenvalue weighted by Gasteiger charge is -2.09. The molecule has 0 aliphatic heterocycles. The Hall–Kier alpha value is -3.60. The van der Waals surface area contributed by atoms with E-state index in [1.54, 1.807) is 6.20 Å². The molecule has 0 saturated heterocycles. The van der Waals surface area contributed by atoms with Crippen molar-refractivity contribution in [2.24, 2.45) is 0 Å². The maximum Gasteiger partial charge on any atom is 0.323 e. The number of fused-ring (bicyclic) bond motifs is 1. The van der Waals surface area contributed by atoms with E-state index < -0.39 is 0 Å². The fourth-order valence-electron chi connectivity index (χ4n) is 2.96. The van der Waals surface area contributed by atoms with E-state index in [-0.39, 0.29) is 6.03 Å². The first-order valence-corrected chi connectivity index (χ1v) is 8.36. The van der Waals surface area contributed by atoms with Crippen molar-refractivity contribution < 1.29 is 4.79 Å². The lowest BCUT2D eigenvalue weighted by molar-refractivity contribution is 0.262. The van der Waals surface area contributed by atoms with Crippen LogP contribution in [0.2, 0.25) is 0 Å². The van der Waals surface area contributed by atoms with E-state index in [4.69, 9.17) is 0 Å². The highest BCUT2D eigenvalue weighted by Crippen LogP contribution is 2.27. The van der Waals surface area contributed by atoms with Gasteiger partial charge in [0, 0.05) is 29.2 Å². The van der Waals surface area contributed by atoms with Gasteiger partial charge in [-0.1, -0.05) is 24.3 Å². The molecular weight excluding hydrogens is 324 g/mol. The van der Waals surface area contributed by atoms with Gasteiger partial charge in [0.1, 0.15) is 5.65 Å². The second kappa shape index (κ2) is 6.72. The molecule has 0 unspecified atom stereocenters. The summed E-state index contributed by atoms with van der Waals surface area (Å²) in [6.45, 7) is 1.99. The number of amides is 2. The Balaban J connectivity index is 1.49. The van der Waals surface area contributed by atoms with Gasteiger partial charge in [0.25, 0.3) is 0 Å². The van der Waals surface area contributed by atoms with Crippen molar-refractivity contribution in [1.29, 1.82) is 0 Å². The van der Waals surface area contributed by atoms with Crippen LogP contribution in [-0.4, -0.2) is 16.0 Å². The summed E-state index contributed by atoms with van der Waals surface area (Å²) in [5, 5.41) is 6.76. The normalized spacial score (nSPS) is 10.7. The van der Waals surface area contributed by atoms with Crippen LogP contribution in [-0.2, 0) is 0 Å². The Bertz CT molecular complexity index is 1070. The molecule has 0 spiro atoms. The molecule has 0 radical (unpaired) electrons. The first kappa shape index (κ1) is 15.9. The molecule has 3 N–H and O–H groups in total. The molecule has 2 aromatic heterocycles. The molecular formula is C21H18N4O. The van der Waals surface area contributed by atoms with Crippen LogP contribution >= 0.6 is 0 Å². The van der Waals surface area contributed by atoms with Crippen molar-refractivity contribution in [3.8, 4) is 11.1 Å². The van der Waals surface area contributed by atoms with E-state index in [1.165, 1.54) is 0 Å². The molecule has 2 heterocycles. The second-order valence-electron chi connectivity index (χ2n) is 6.12. The van der Waals surface area contributed by atoms with E-state index in [1.807, 2.05) is 73.8 Å². The number of H-pyrrole nitrogens is 1. The zero-order chi connectivity index (χ0) is 17.9. The van der Waals surface area contributed by atoms with Gasteiger partial charge in [0.15, 0.2) is 0 Å². The van der Waals surface area contributed by atoms with Gasteiger partial charge in [-0.25, -0.2) is 9.78 Å². The summed E-state index contributed by atoms with van der Waals surface area (Å²) in [6.07, 6.45) is 3.67. The minimum Gasteiger partial charge on any atom is -0.346 e. The quantitative estimate of drug-likeness (QED) is 0.480. The predicted octanol–water partition coefficient (Wildman–Crippen LogP) is 5.18. The molecule has 4 aromatic rings. The number of carbonyl (C=O) groups is 1. The number of benzene rings is 2. The van der Waals surface area contributed by atoms with Gasteiger partial charge in [-0.2, -0.15) is 0 Å². The fourth-order valence-corrected chi connectivity index (χ4v) is 2.96. The molecule has 5 heteroatoms. The first-order chi connectivity index (χ1) is 12.7. The maximum absolute atomic E-state index is 12.2. The standard InChI is InChI=1S/C21H18N4O/c1-14-3-2-4-17(13-14)25-21(26)24-16-7-5-15(6-8-16)18-9-11-22-20-19(18)10-12-23-20/h2-13H,1H3,(H,22,23)(H2,24,25,26). The third-order valence-electron chi connectivity index (χ3n) is 4.19. The number of hydrogen-bond acceptors (Lipinski definition) is 2. The monoisotopic (exact) mass is 342 g/mol. The number of pyridine rings is 1. The summed E-state index contributed by atoms with van der Waals surface area (Å²) in [5.41, 5.74) is 5.64. The Morgan fingerprint density at radius 3 is 2.58 bits per heavy atom. The van der Waals surface area contributed by atoms with Gasteiger partial charge in [0.05, 0.1) is 0 Å². The van der Waals surface area contributed by atoms with Crippen LogP contribution in [0.5, 0.6) is 0 Å². The Kier molecular flexibility index (Phi) is 4.11. The topological polar surface area (TPSA) is 69.8 Å².